The molecule has 36 heavy (non-hydrogen) atoms. The summed E-state index contributed by atoms with van der Waals surface area (Å²) in [6.07, 6.45) is 3.63. The highest BCUT2D eigenvalue weighted by molar-refractivity contribution is 6.35. The molecule has 4 aromatic heterocycles. The molecule has 0 spiro atoms. The molecule has 9 aromatic rings. The second kappa shape index (κ2) is 6.37. The Labute approximate surface area is 205 Å². The van der Waals surface area contributed by atoms with Crippen molar-refractivity contribution in [3.05, 3.63) is 109 Å². The molecule has 0 fully saturated rings. The monoisotopic (exact) mass is 458 g/mol. The predicted octanol–water partition coefficient (Wildman–Crippen LogP) is 7.85. The molecular formula is C32H18N4. The van der Waals surface area contributed by atoms with Crippen LogP contribution in [0.15, 0.2) is 109 Å². The molecule has 0 aliphatic heterocycles. The number of para-hydroxylation sites is 3. The van der Waals surface area contributed by atoms with Crippen molar-refractivity contribution in [2.24, 2.45) is 0 Å². The van der Waals surface area contributed by atoms with E-state index in [-0.39, 0.29) is 0 Å². The van der Waals surface area contributed by atoms with Gasteiger partial charge in [-0.2, -0.15) is 0 Å². The summed E-state index contributed by atoms with van der Waals surface area (Å²) in [7, 11) is 0. The normalized spacial score (nSPS) is 12.4. The van der Waals surface area contributed by atoms with Gasteiger partial charge >= 0.3 is 0 Å². The van der Waals surface area contributed by atoms with E-state index in [0.29, 0.717) is 0 Å². The van der Waals surface area contributed by atoms with Crippen LogP contribution in [-0.4, -0.2) is 18.8 Å². The highest BCUT2D eigenvalue weighted by Gasteiger charge is 2.26. The molecule has 0 unspecified atom stereocenters. The van der Waals surface area contributed by atoms with Gasteiger partial charge in [-0.25, -0.2) is 0 Å². The minimum atomic E-state index is 0.957. The molecule has 0 saturated heterocycles. The van der Waals surface area contributed by atoms with Crippen LogP contribution in [0.3, 0.4) is 0 Å². The van der Waals surface area contributed by atoms with E-state index >= 15 is 0 Å². The van der Waals surface area contributed by atoms with E-state index in [1.54, 1.807) is 0 Å². The maximum atomic E-state index is 4.91. The molecule has 9 rings (SSSR count). The predicted molar refractivity (Wildman–Crippen MR) is 148 cm³/mol. The van der Waals surface area contributed by atoms with E-state index in [1.165, 1.54) is 65.8 Å². The summed E-state index contributed by atoms with van der Waals surface area (Å²) in [6.45, 7) is 0. The molecule has 0 atom stereocenters. The fourth-order valence-electron chi connectivity index (χ4n) is 6.39. The number of aromatic nitrogens is 4. The third-order valence-corrected chi connectivity index (χ3v) is 7.71. The van der Waals surface area contributed by atoms with Gasteiger partial charge in [0.05, 0.1) is 44.1 Å². The molecular weight excluding hydrogens is 440 g/mol. The Morgan fingerprint density at radius 1 is 0.444 bits per heavy atom. The fraction of sp³-hybridized carbons (Fsp3) is 0. The second-order valence-electron chi connectivity index (χ2n) is 9.45. The van der Waals surface area contributed by atoms with Crippen LogP contribution in [0, 0.1) is 0 Å². The van der Waals surface area contributed by atoms with Gasteiger partial charge in [0.2, 0.25) is 0 Å². The molecule has 0 radical (unpaired) electrons. The summed E-state index contributed by atoms with van der Waals surface area (Å²) in [6, 6.07) is 34.7. The van der Waals surface area contributed by atoms with Crippen molar-refractivity contribution >= 4 is 65.7 Å². The van der Waals surface area contributed by atoms with Gasteiger partial charge in [-0.15, -0.1) is 0 Å². The molecule has 5 aromatic carbocycles. The van der Waals surface area contributed by atoms with E-state index in [1.807, 2.05) is 12.4 Å². The van der Waals surface area contributed by atoms with Crippen molar-refractivity contribution in [2.75, 3.05) is 0 Å². The van der Waals surface area contributed by atoms with Gasteiger partial charge in [0, 0.05) is 39.5 Å². The van der Waals surface area contributed by atoms with Gasteiger partial charge < -0.3 is 8.80 Å². The van der Waals surface area contributed by atoms with Crippen molar-refractivity contribution in [1.82, 2.24) is 18.8 Å². The number of hydrogen-bond acceptors (Lipinski definition) is 2. The molecule has 0 N–H and O–H groups in total. The average Bonchev–Trinajstić information content (AvgIpc) is 3.48. The summed E-state index contributed by atoms with van der Waals surface area (Å²) in [5.74, 6) is 0. The standard InChI is InChI=1S/C32H18N4/c1-2-9-19(10-3-1)20-13-8-16-25-30(20)36-24-15-7-5-12-22(24)27-29-28(33-17-18-34-29)26-21-11-4-6-14-23(21)35(25)31(26)32(27)36/h1-18H. The number of hydrogen-bond donors (Lipinski definition) is 0. The summed E-state index contributed by atoms with van der Waals surface area (Å²) in [4.78, 5) is 9.81. The highest BCUT2D eigenvalue weighted by Crippen LogP contribution is 2.46. The van der Waals surface area contributed by atoms with Crippen molar-refractivity contribution in [3.63, 3.8) is 0 Å². The van der Waals surface area contributed by atoms with Gasteiger partial charge in [0.15, 0.2) is 0 Å². The van der Waals surface area contributed by atoms with Crippen LogP contribution in [-0.2, 0) is 0 Å². The molecule has 4 nitrogen and oxygen atoms in total. The average molecular weight is 459 g/mol. The first kappa shape index (κ1) is 18.4. The van der Waals surface area contributed by atoms with Gasteiger partial charge in [0.1, 0.15) is 0 Å². The Hall–Kier alpha value is -4.96. The number of nitrogens with zero attached hydrogens (tertiary/aromatic N) is 4. The third-order valence-electron chi connectivity index (χ3n) is 7.71. The molecule has 0 bridgehead atoms. The lowest BCUT2D eigenvalue weighted by atomic mass is 10.0. The highest BCUT2D eigenvalue weighted by atomic mass is 15.0. The first-order valence-electron chi connectivity index (χ1n) is 12.2. The lowest BCUT2D eigenvalue weighted by Crippen LogP contribution is -1.99. The Bertz CT molecular complexity index is 2300. The van der Waals surface area contributed by atoms with Gasteiger partial charge in [-0.3, -0.25) is 9.97 Å². The van der Waals surface area contributed by atoms with Crippen LogP contribution < -0.4 is 0 Å². The van der Waals surface area contributed by atoms with E-state index in [4.69, 9.17) is 9.97 Å². The van der Waals surface area contributed by atoms with Gasteiger partial charge in [-0.1, -0.05) is 78.9 Å². The van der Waals surface area contributed by atoms with Gasteiger partial charge in [-0.05, 0) is 23.8 Å². The van der Waals surface area contributed by atoms with Crippen LogP contribution in [0.25, 0.3) is 76.8 Å². The minimum Gasteiger partial charge on any atom is -0.305 e. The third kappa shape index (κ3) is 2.03. The van der Waals surface area contributed by atoms with Gasteiger partial charge in [0.25, 0.3) is 0 Å². The first-order valence-corrected chi connectivity index (χ1v) is 12.2. The Kier molecular flexibility index (Phi) is 3.25. The number of rotatable bonds is 1. The topological polar surface area (TPSA) is 34.6 Å². The number of benzene rings is 5. The Morgan fingerprint density at radius 2 is 1.00 bits per heavy atom. The summed E-state index contributed by atoms with van der Waals surface area (Å²) in [5, 5.41) is 4.74. The van der Waals surface area contributed by atoms with E-state index < -0.39 is 0 Å². The van der Waals surface area contributed by atoms with Crippen molar-refractivity contribution in [3.8, 4) is 11.1 Å². The van der Waals surface area contributed by atoms with Crippen molar-refractivity contribution in [1.29, 1.82) is 0 Å². The molecule has 0 amide bonds. The van der Waals surface area contributed by atoms with Crippen molar-refractivity contribution < 1.29 is 0 Å². The smallest absolute Gasteiger partial charge is 0.0994 e. The Balaban J connectivity index is 1.76. The molecule has 4 heteroatoms. The van der Waals surface area contributed by atoms with Crippen LogP contribution in [0.5, 0.6) is 0 Å². The zero-order chi connectivity index (χ0) is 23.4. The molecule has 0 saturated carbocycles. The van der Waals surface area contributed by atoms with E-state index in [2.05, 4.69) is 106 Å². The summed E-state index contributed by atoms with van der Waals surface area (Å²) >= 11 is 0. The molecule has 166 valence electrons. The number of fused-ring (bicyclic) bond motifs is 12. The largest absolute Gasteiger partial charge is 0.305 e. The summed E-state index contributed by atoms with van der Waals surface area (Å²) in [5.41, 5.74) is 11.5. The van der Waals surface area contributed by atoms with E-state index in [9.17, 15) is 0 Å². The zero-order valence-corrected chi connectivity index (χ0v) is 19.2. The zero-order valence-electron chi connectivity index (χ0n) is 19.2. The summed E-state index contributed by atoms with van der Waals surface area (Å²) < 4.78 is 4.92. The lowest BCUT2D eigenvalue weighted by Gasteiger charge is -2.15. The maximum Gasteiger partial charge on any atom is 0.0994 e. The van der Waals surface area contributed by atoms with Crippen LogP contribution in [0.4, 0.5) is 0 Å². The maximum absolute atomic E-state index is 4.91. The first-order chi connectivity index (χ1) is 17.9. The van der Waals surface area contributed by atoms with E-state index in [0.717, 1.165) is 11.0 Å². The van der Waals surface area contributed by atoms with Crippen molar-refractivity contribution in [2.45, 2.75) is 0 Å². The Morgan fingerprint density at radius 3 is 1.69 bits per heavy atom. The van der Waals surface area contributed by atoms with Crippen LogP contribution >= 0.6 is 0 Å². The molecule has 0 aliphatic rings. The molecule has 0 aliphatic carbocycles. The fourth-order valence-corrected chi connectivity index (χ4v) is 6.39. The second-order valence-corrected chi connectivity index (χ2v) is 9.45. The van der Waals surface area contributed by atoms with Crippen LogP contribution in [0.1, 0.15) is 0 Å². The lowest BCUT2D eigenvalue weighted by molar-refractivity contribution is 1.25. The quantitative estimate of drug-likeness (QED) is 0.235. The minimum absolute atomic E-state index is 0.957. The van der Waals surface area contributed by atoms with Crippen LogP contribution in [0.2, 0.25) is 0 Å². The molecule has 4 heterocycles. The SMILES string of the molecule is c1ccc(-c2cccc3c2n2c4ccccc4c4c5nccnc5c5c6ccccc6n3c5c42)cc1.